The van der Waals surface area contributed by atoms with E-state index in [9.17, 15) is 14.4 Å². The third-order valence-corrected chi connectivity index (χ3v) is 6.89. The van der Waals surface area contributed by atoms with Crippen LogP contribution in [0.5, 0.6) is 5.75 Å². The van der Waals surface area contributed by atoms with Gasteiger partial charge in [-0.1, -0.05) is 61.2 Å². The molecule has 194 valence electrons. The van der Waals surface area contributed by atoms with Crippen LogP contribution >= 0.6 is 0 Å². The van der Waals surface area contributed by atoms with E-state index in [4.69, 9.17) is 9.47 Å². The van der Waals surface area contributed by atoms with Crippen molar-refractivity contribution in [1.29, 1.82) is 0 Å². The molecule has 1 aliphatic heterocycles. The number of esters is 1. The largest absolute Gasteiger partial charge is 0.484 e. The molecule has 0 bridgehead atoms. The summed E-state index contributed by atoms with van der Waals surface area (Å²) in [6.45, 7) is 4.08. The summed E-state index contributed by atoms with van der Waals surface area (Å²) in [4.78, 5) is 39.8. The molecule has 2 amide bonds. The number of nitrogens with one attached hydrogen (secondary N) is 1. The number of benzene rings is 2. The molecular formula is C30H34N2O5. The van der Waals surface area contributed by atoms with Crippen molar-refractivity contribution in [3.05, 3.63) is 82.1 Å². The van der Waals surface area contributed by atoms with Crippen LogP contribution in [0.3, 0.4) is 0 Å². The Morgan fingerprint density at radius 1 is 1.00 bits per heavy atom. The first-order valence-electron chi connectivity index (χ1n) is 12.8. The topological polar surface area (TPSA) is 84.9 Å². The number of nitrogens with zero attached hydrogens (tertiary/aromatic N) is 1. The molecule has 0 aromatic heterocycles. The summed E-state index contributed by atoms with van der Waals surface area (Å²) in [5.41, 5.74) is 3.95. The standard InChI is InChI=1S/C30H34N2O5/c1-20-9-11-23(12-10-20)18-32-21(2)28(30(35)36-3)26(29(32)34)17-22-13-15-25(16-14-22)37-19-27(33)31-24-7-5-4-6-8-24/h9-17,24H,4-8,18-19H2,1-3H3,(H,31,33)/b26-17-. The summed E-state index contributed by atoms with van der Waals surface area (Å²) in [5.74, 6) is -0.364. The Balaban J connectivity index is 1.45. The number of amides is 2. The zero-order valence-corrected chi connectivity index (χ0v) is 21.7. The molecule has 1 N–H and O–H groups in total. The zero-order valence-electron chi connectivity index (χ0n) is 21.7. The van der Waals surface area contributed by atoms with Crippen LogP contribution in [-0.4, -0.2) is 42.4 Å². The zero-order chi connectivity index (χ0) is 26.4. The third kappa shape index (κ3) is 6.47. The highest BCUT2D eigenvalue weighted by atomic mass is 16.5. The first-order valence-corrected chi connectivity index (χ1v) is 12.8. The molecule has 7 nitrogen and oxygen atoms in total. The summed E-state index contributed by atoms with van der Waals surface area (Å²) in [7, 11) is 1.31. The van der Waals surface area contributed by atoms with Crippen molar-refractivity contribution >= 4 is 23.9 Å². The first kappa shape index (κ1) is 26.2. The minimum Gasteiger partial charge on any atom is -0.484 e. The number of aryl methyl sites for hydroxylation is 1. The Hall–Kier alpha value is -3.87. The summed E-state index contributed by atoms with van der Waals surface area (Å²) in [6, 6.07) is 15.3. The molecule has 2 aromatic carbocycles. The minimum absolute atomic E-state index is 0.0438. The second kappa shape index (κ2) is 11.9. The van der Waals surface area contributed by atoms with E-state index in [0.717, 1.165) is 42.4 Å². The number of methoxy groups -OCH3 is 1. The van der Waals surface area contributed by atoms with E-state index in [1.165, 1.54) is 13.5 Å². The van der Waals surface area contributed by atoms with Crippen LogP contribution in [0.4, 0.5) is 0 Å². The maximum Gasteiger partial charge on any atom is 0.340 e. The number of hydrogen-bond donors (Lipinski definition) is 1. The maximum atomic E-state index is 13.4. The molecule has 0 unspecified atom stereocenters. The highest BCUT2D eigenvalue weighted by molar-refractivity contribution is 6.16. The number of carbonyl (C=O) groups excluding carboxylic acids is 3. The van der Waals surface area contributed by atoms with Gasteiger partial charge in [-0.25, -0.2) is 4.79 Å². The van der Waals surface area contributed by atoms with Gasteiger partial charge >= 0.3 is 5.97 Å². The van der Waals surface area contributed by atoms with E-state index in [2.05, 4.69) is 5.32 Å². The number of allylic oxidation sites excluding steroid dienone is 1. The smallest absolute Gasteiger partial charge is 0.340 e. The molecule has 0 spiro atoms. The van der Waals surface area contributed by atoms with Crippen LogP contribution in [0.25, 0.3) is 6.08 Å². The van der Waals surface area contributed by atoms with Gasteiger partial charge in [-0.05, 0) is 56.0 Å². The summed E-state index contributed by atoms with van der Waals surface area (Å²) >= 11 is 0. The molecule has 1 heterocycles. The minimum atomic E-state index is -0.549. The molecule has 0 atom stereocenters. The Morgan fingerprint density at radius 2 is 1.68 bits per heavy atom. The summed E-state index contributed by atoms with van der Waals surface area (Å²) in [5, 5.41) is 3.04. The molecule has 37 heavy (non-hydrogen) atoms. The molecule has 2 aliphatic rings. The van der Waals surface area contributed by atoms with Crippen molar-refractivity contribution in [2.24, 2.45) is 0 Å². The van der Waals surface area contributed by atoms with Crippen LogP contribution in [-0.2, 0) is 25.7 Å². The van der Waals surface area contributed by atoms with Gasteiger partial charge in [0.25, 0.3) is 11.8 Å². The number of ether oxygens (including phenoxy) is 2. The van der Waals surface area contributed by atoms with Crippen LogP contribution in [0.15, 0.2) is 65.4 Å². The van der Waals surface area contributed by atoms with E-state index in [0.29, 0.717) is 18.0 Å². The monoisotopic (exact) mass is 502 g/mol. The SMILES string of the molecule is COC(=O)C1=C(C)N(Cc2ccc(C)cc2)C(=O)/C1=C\c1ccc(OCC(=O)NC2CCCCC2)cc1. The summed E-state index contributed by atoms with van der Waals surface area (Å²) in [6.07, 6.45) is 7.28. The average Bonchev–Trinajstić information content (AvgIpc) is 3.13. The fourth-order valence-corrected chi connectivity index (χ4v) is 4.79. The Bertz CT molecular complexity index is 1210. The molecule has 0 saturated heterocycles. The molecule has 7 heteroatoms. The van der Waals surface area contributed by atoms with Crippen molar-refractivity contribution in [2.45, 2.75) is 58.5 Å². The highest BCUT2D eigenvalue weighted by Crippen LogP contribution is 2.33. The van der Waals surface area contributed by atoms with Gasteiger partial charge in [0.15, 0.2) is 6.61 Å². The van der Waals surface area contributed by atoms with Crippen molar-refractivity contribution in [1.82, 2.24) is 10.2 Å². The molecule has 1 aliphatic carbocycles. The second-order valence-electron chi connectivity index (χ2n) is 9.65. The first-order chi connectivity index (χ1) is 17.9. The van der Waals surface area contributed by atoms with Crippen molar-refractivity contribution in [3.8, 4) is 5.75 Å². The number of hydrogen-bond acceptors (Lipinski definition) is 5. The second-order valence-corrected chi connectivity index (χ2v) is 9.65. The van der Waals surface area contributed by atoms with E-state index in [-0.39, 0.29) is 35.6 Å². The van der Waals surface area contributed by atoms with Crippen molar-refractivity contribution in [2.75, 3.05) is 13.7 Å². The lowest BCUT2D eigenvalue weighted by molar-refractivity contribution is -0.136. The van der Waals surface area contributed by atoms with Crippen LogP contribution < -0.4 is 10.1 Å². The Morgan fingerprint density at radius 3 is 2.32 bits per heavy atom. The van der Waals surface area contributed by atoms with Crippen LogP contribution in [0, 0.1) is 6.92 Å². The Kier molecular flexibility index (Phi) is 8.43. The van der Waals surface area contributed by atoms with Gasteiger partial charge < -0.3 is 19.7 Å². The normalized spacial score (nSPS) is 17.3. The number of carbonyl (C=O) groups is 3. The molecule has 1 fully saturated rings. The van der Waals surface area contributed by atoms with Gasteiger partial charge in [-0.3, -0.25) is 9.59 Å². The van der Waals surface area contributed by atoms with Crippen molar-refractivity contribution in [3.63, 3.8) is 0 Å². The number of rotatable bonds is 8. The van der Waals surface area contributed by atoms with Crippen LogP contribution in [0.2, 0.25) is 0 Å². The van der Waals surface area contributed by atoms with Gasteiger partial charge in [0.1, 0.15) is 5.75 Å². The third-order valence-electron chi connectivity index (χ3n) is 6.89. The van der Waals surface area contributed by atoms with Gasteiger partial charge in [0.05, 0.1) is 24.8 Å². The van der Waals surface area contributed by atoms with Gasteiger partial charge in [0.2, 0.25) is 0 Å². The molecule has 0 radical (unpaired) electrons. The lowest BCUT2D eigenvalue weighted by atomic mass is 9.95. The van der Waals surface area contributed by atoms with Gasteiger partial charge in [0, 0.05) is 11.7 Å². The van der Waals surface area contributed by atoms with E-state index < -0.39 is 5.97 Å². The fourth-order valence-electron chi connectivity index (χ4n) is 4.79. The Labute approximate surface area is 218 Å². The predicted octanol–water partition coefficient (Wildman–Crippen LogP) is 4.70. The van der Waals surface area contributed by atoms with Crippen molar-refractivity contribution < 1.29 is 23.9 Å². The molecule has 2 aromatic rings. The predicted molar refractivity (Wildman–Crippen MR) is 141 cm³/mol. The average molecular weight is 503 g/mol. The highest BCUT2D eigenvalue weighted by Gasteiger charge is 2.37. The quantitative estimate of drug-likeness (QED) is 0.418. The maximum absolute atomic E-state index is 13.4. The molecule has 4 rings (SSSR count). The van der Waals surface area contributed by atoms with E-state index in [1.807, 2.05) is 31.2 Å². The lowest BCUT2D eigenvalue weighted by Crippen LogP contribution is -2.38. The van der Waals surface area contributed by atoms with Gasteiger partial charge in [-0.15, -0.1) is 0 Å². The molecular weight excluding hydrogens is 468 g/mol. The lowest BCUT2D eigenvalue weighted by Gasteiger charge is -2.22. The van der Waals surface area contributed by atoms with E-state index in [1.54, 1.807) is 42.2 Å². The van der Waals surface area contributed by atoms with E-state index >= 15 is 0 Å². The fraction of sp³-hybridized carbons (Fsp3) is 0.367. The summed E-state index contributed by atoms with van der Waals surface area (Å²) < 4.78 is 10.6. The van der Waals surface area contributed by atoms with Crippen LogP contribution in [0.1, 0.15) is 55.7 Å². The van der Waals surface area contributed by atoms with Gasteiger partial charge in [-0.2, -0.15) is 0 Å². The molecule has 1 saturated carbocycles.